The van der Waals surface area contributed by atoms with E-state index in [1.807, 2.05) is 19.2 Å². The van der Waals surface area contributed by atoms with E-state index < -0.39 is 0 Å². The van der Waals surface area contributed by atoms with E-state index in [1.165, 1.54) is 44.2 Å². The van der Waals surface area contributed by atoms with Gasteiger partial charge in [-0.2, -0.15) is 0 Å². The summed E-state index contributed by atoms with van der Waals surface area (Å²) < 4.78 is 2.18. The number of rotatable bonds is 6. The highest BCUT2D eigenvalue weighted by molar-refractivity contribution is 6.01. The maximum absolute atomic E-state index is 5.07. The summed E-state index contributed by atoms with van der Waals surface area (Å²) in [5.41, 5.74) is 14.6. The van der Waals surface area contributed by atoms with Crippen molar-refractivity contribution in [2.75, 3.05) is 13.6 Å². The normalized spacial score (nSPS) is 15.8. The Morgan fingerprint density at radius 1 is 0.527 bits per heavy atom. The van der Waals surface area contributed by atoms with Gasteiger partial charge in [-0.25, -0.2) is 4.98 Å². The fourth-order valence-electron chi connectivity index (χ4n) is 7.56. The number of fused-ring (bicyclic) bond motifs is 2. The van der Waals surface area contributed by atoms with Gasteiger partial charge < -0.3 is 9.47 Å². The van der Waals surface area contributed by atoms with Crippen molar-refractivity contribution >= 4 is 33.2 Å². The molecule has 4 heteroatoms. The van der Waals surface area contributed by atoms with Gasteiger partial charge in [0, 0.05) is 30.9 Å². The molecule has 55 heavy (non-hydrogen) atoms. The summed E-state index contributed by atoms with van der Waals surface area (Å²) in [6.45, 7) is 4.91. The second-order valence-corrected chi connectivity index (χ2v) is 14.0. The van der Waals surface area contributed by atoms with Crippen LogP contribution < -0.4 is 0 Å². The van der Waals surface area contributed by atoms with Crippen LogP contribution in [-0.4, -0.2) is 33.9 Å². The average Bonchev–Trinajstić information content (AvgIpc) is 3.61. The molecule has 4 nitrogen and oxygen atoms in total. The highest BCUT2D eigenvalue weighted by atomic mass is 15.2. The first-order chi connectivity index (χ1) is 27.0. The number of aliphatic imine (C=N–C) groups is 1. The fraction of sp³-hybridized carbons (Fsp3) is 0.0588. The molecule has 0 atom stereocenters. The summed E-state index contributed by atoms with van der Waals surface area (Å²) in [6, 6.07) is 58.3. The van der Waals surface area contributed by atoms with Gasteiger partial charge in [-0.3, -0.25) is 4.99 Å². The average molecular weight is 709 g/mol. The molecule has 1 aromatic heterocycles. The van der Waals surface area contributed by atoms with Gasteiger partial charge in [0.05, 0.1) is 17.6 Å². The van der Waals surface area contributed by atoms with E-state index in [-0.39, 0.29) is 0 Å². The van der Waals surface area contributed by atoms with E-state index in [2.05, 4.69) is 193 Å². The zero-order valence-corrected chi connectivity index (χ0v) is 31.0. The molecule has 2 heterocycles. The summed E-state index contributed by atoms with van der Waals surface area (Å²) in [4.78, 5) is 12.1. The molecular formula is C51H40N4. The lowest BCUT2D eigenvalue weighted by Crippen LogP contribution is -2.26. The number of hydrogen-bond acceptors (Lipinski definition) is 3. The Labute approximate surface area is 322 Å². The van der Waals surface area contributed by atoms with Crippen molar-refractivity contribution in [3.63, 3.8) is 0 Å². The Hall–Kier alpha value is -7.04. The van der Waals surface area contributed by atoms with E-state index in [0.29, 0.717) is 6.54 Å². The van der Waals surface area contributed by atoms with Crippen LogP contribution in [0.15, 0.2) is 199 Å². The highest BCUT2D eigenvalue weighted by Crippen LogP contribution is 2.34. The number of benzene rings is 7. The van der Waals surface area contributed by atoms with Gasteiger partial charge in [0.25, 0.3) is 0 Å². The molecule has 0 fully saturated rings. The predicted molar refractivity (Wildman–Crippen MR) is 232 cm³/mol. The Balaban J connectivity index is 0.962. The first-order valence-corrected chi connectivity index (χ1v) is 18.7. The molecule has 0 radical (unpaired) electrons. The molecule has 9 rings (SSSR count). The van der Waals surface area contributed by atoms with Crippen LogP contribution in [0.3, 0.4) is 0 Å². The van der Waals surface area contributed by atoms with E-state index in [1.54, 1.807) is 0 Å². The number of likely N-dealkylation sites (N-methyl/N-ethyl adjacent to an activating group) is 1. The zero-order valence-electron chi connectivity index (χ0n) is 31.0. The van der Waals surface area contributed by atoms with Crippen LogP contribution in [-0.2, 0) is 7.05 Å². The lowest BCUT2D eigenvalue weighted by Gasteiger charge is -2.22. The maximum Gasteiger partial charge on any atom is 0.140 e. The fourth-order valence-corrected chi connectivity index (χ4v) is 7.56. The topological polar surface area (TPSA) is 33.4 Å². The number of amidine groups is 1. The second-order valence-electron chi connectivity index (χ2n) is 14.0. The second kappa shape index (κ2) is 14.4. The van der Waals surface area contributed by atoms with Crippen molar-refractivity contribution in [3.05, 3.63) is 205 Å². The van der Waals surface area contributed by atoms with Crippen LogP contribution in [0.4, 0.5) is 0 Å². The van der Waals surface area contributed by atoms with Crippen molar-refractivity contribution < 1.29 is 0 Å². The zero-order chi connectivity index (χ0) is 37.3. The van der Waals surface area contributed by atoms with Crippen molar-refractivity contribution in [2.45, 2.75) is 0 Å². The van der Waals surface area contributed by atoms with E-state index >= 15 is 0 Å². The monoisotopic (exact) mass is 708 g/mol. The highest BCUT2D eigenvalue weighted by Gasteiger charge is 2.15. The van der Waals surface area contributed by atoms with Gasteiger partial charge in [0.1, 0.15) is 11.7 Å². The summed E-state index contributed by atoms with van der Waals surface area (Å²) in [5, 5.41) is 2.43. The molecule has 0 saturated carbocycles. The van der Waals surface area contributed by atoms with Gasteiger partial charge in [0.15, 0.2) is 0 Å². The van der Waals surface area contributed by atoms with Gasteiger partial charge in [-0.05, 0) is 79.6 Å². The minimum Gasteiger partial charge on any atom is -0.330 e. The molecule has 0 amide bonds. The maximum atomic E-state index is 5.07. The van der Waals surface area contributed by atoms with Crippen LogP contribution in [0.1, 0.15) is 11.1 Å². The largest absolute Gasteiger partial charge is 0.330 e. The Bertz CT molecular complexity index is 2790. The number of imidazole rings is 1. The standard InChI is InChI=1S/C51H40N4/c1-35-17-18-39(36-11-6-4-7-12-36)31-32-52-50(54(35)2)41-23-19-38(20-24-41)43-27-29-47-45(33-43)15-10-16-46(47)40-21-25-42(26-22-40)51-53-48-34-44(28-30-49(48)55(51)3)37-13-8-5-9-14-37/h4-31,33-34H,1,32H2,2-3H3/b18-17-,39-31+,52-50-. The molecular weight excluding hydrogens is 669 g/mol. The molecule has 1 aliphatic rings. The summed E-state index contributed by atoms with van der Waals surface area (Å²) in [7, 11) is 4.12. The van der Waals surface area contributed by atoms with Crippen molar-refractivity contribution in [3.8, 4) is 44.8 Å². The Kier molecular flexibility index (Phi) is 8.85. The molecule has 8 aromatic rings. The van der Waals surface area contributed by atoms with Crippen LogP contribution in [0.2, 0.25) is 0 Å². The first kappa shape index (κ1) is 33.8. The van der Waals surface area contributed by atoms with Gasteiger partial charge in [-0.15, -0.1) is 0 Å². The first-order valence-electron chi connectivity index (χ1n) is 18.7. The third-order valence-corrected chi connectivity index (χ3v) is 10.7. The van der Waals surface area contributed by atoms with Crippen LogP contribution in [0, 0.1) is 0 Å². The molecule has 1 aliphatic heterocycles. The number of hydrogen-bond donors (Lipinski definition) is 0. The number of aromatic nitrogens is 2. The summed E-state index contributed by atoms with van der Waals surface area (Å²) in [5.74, 6) is 1.86. The lowest BCUT2D eigenvalue weighted by atomic mass is 9.94. The molecule has 0 unspecified atom stereocenters. The number of aryl methyl sites for hydroxylation is 1. The molecule has 0 saturated heterocycles. The van der Waals surface area contributed by atoms with E-state index in [4.69, 9.17) is 9.98 Å². The van der Waals surface area contributed by atoms with Crippen LogP contribution in [0.25, 0.3) is 72.1 Å². The van der Waals surface area contributed by atoms with E-state index in [9.17, 15) is 0 Å². The van der Waals surface area contributed by atoms with Gasteiger partial charge in [-0.1, -0.05) is 164 Å². The molecule has 0 spiro atoms. The van der Waals surface area contributed by atoms with Gasteiger partial charge in [0.2, 0.25) is 0 Å². The van der Waals surface area contributed by atoms with Crippen molar-refractivity contribution in [1.29, 1.82) is 0 Å². The molecule has 0 bridgehead atoms. The predicted octanol–water partition coefficient (Wildman–Crippen LogP) is 12.2. The Morgan fingerprint density at radius 3 is 1.91 bits per heavy atom. The number of nitrogens with zero attached hydrogens (tertiary/aromatic N) is 4. The molecule has 7 aromatic carbocycles. The molecule has 0 aliphatic carbocycles. The quantitative estimate of drug-likeness (QED) is 0.172. The SMILES string of the molecule is C=C1/C=C\C(c2ccccc2)=C/C/N=C(/c2ccc(-c3ccc4c(-c5ccc(-c6nc7cc(-c8ccccc8)ccc7n6C)cc5)cccc4c3)cc2)N1C. The van der Waals surface area contributed by atoms with E-state index in [0.717, 1.165) is 50.7 Å². The van der Waals surface area contributed by atoms with Crippen molar-refractivity contribution in [2.24, 2.45) is 12.0 Å². The minimum absolute atomic E-state index is 0.578. The third kappa shape index (κ3) is 6.60. The Morgan fingerprint density at radius 2 is 1.15 bits per heavy atom. The smallest absolute Gasteiger partial charge is 0.140 e. The van der Waals surface area contributed by atoms with Crippen LogP contribution in [0.5, 0.6) is 0 Å². The van der Waals surface area contributed by atoms with Crippen molar-refractivity contribution in [1.82, 2.24) is 14.5 Å². The van der Waals surface area contributed by atoms with Crippen LogP contribution >= 0.6 is 0 Å². The number of allylic oxidation sites excluding steroid dienone is 3. The lowest BCUT2D eigenvalue weighted by molar-refractivity contribution is 0.649. The molecule has 0 N–H and O–H groups in total. The summed E-state index contributed by atoms with van der Waals surface area (Å²) >= 11 is 0. The third-order valence-electron chi connectivity index (χ3n) is 10.7. The minimum atomic E-state index is 0.578. The summed E-state index contributed by atoms with van der Waals surface area (Å²) in [6.07, 6.45) is 6.37. The molecule has 264 valence electrons. The van der Waals surface area contributed by atoms with Gasteiger partial charge >= 0.3 is 0 Å².